The highest BCUT2D eigenvalue weighted by atomic mass is 16.5. The molecular weight excluding hydrogens is 392 g/mol. The molecule has 0 radical (unpaired) electrons. The Kier molecular flexibility index (Phi) is 7.66. The lowest BCUT2D eigenvalue weighted by atomic mass is 10.1. The Balaban J connectivity index is 0.00000132. The zero-order valence-corrected chi connectivity index (χ0v) is 18.7. The molecule has 1 aromatic carbocycles. The minimum Gasteiger partial charge on any atom is -0.497 e. The summed E-state index contributed by atoms with van der Waals surface area (Å²) < 4.78 is 7.21. The molecule has 31 heavy (non-hydrogen) atoms. The first kappa shape index (κ1) is 22.4. The van der Waals surface area contributed by atoms with Crippen LogP contribution < -0.4 is 21.1 Å². The summed E-state index contributed by atoms with van der Waals surface area (Å²) in [6.45, 7) is 6.18. The fourth-order valence-corrected chi connectivity index (χ4v) is 3.35. The van der Waals surface area contributed by atoms with Crippen molar-refractivity contribution >= 4 is 28.8 Å². The zero-order valence-electron chi connectivity index (χ0n) is 18.7. The highest BCUT2D eigenvalue weighted by Crippen LogP contribution is 2.26. The van der Waals surface area contributed by atoms with Crippen LogP contribution in [0.25, 0.3) is 0 Å². The third kappa shape index (κ3) is 5.85. The smallest absolute Gasteiger partial charge is 0.229 e. The summed E-state index contributed by atoms with van der Waals surface area (Å²) in [4.78, 5) is 11.1. The number of benzene rings is 1. The molecule has 0 unspecified atom stereocenters. The Morgan fingerprint density at radius 3 is 2.42 bits per heavy atom. The molecule has 0 atom stereocenters. The maximum absolute atomic E-state index is 6.04. The molecule has 1 aliphatic heterocycles. The molecule has 3 aromatic rings. The van der Waals surface area contributed by atoms with Crippen LogP contribution in [0.5, 0.6) is 5.75 Å². The summed E-state index contributed by atoms with van der Waals surface area (Å²) in [5, 5.41) is 10.9. The lowest BCUT2D eigenvalue weighted by Crippen LogP contribution is -2.31. The van der Waals surface area contributed by atoms with Gasteiger partial charge in [0.15, 0.2) is 5.82 Å². The lowest BCUT2D eigenvalue weighted by Gasteiger charge is -2.28. The normalized spacial score (nSPS) is 14.5. The average molecular weight is 425 g/mol. The van der Waals surface area contributed by atoms with Crippen LogP contribution in [-0.2, 0) is 0 Å². The van der Waals surface area contributed by atoms with Crippen LogP contribution in [0.2, 0.25) is 0 Å². The second-order valence-electron chi connectivity index (χ2n) is 7.22. The first-order valence-corrected chi connectivity index (χ1v) is 10.6. The van der Waals surface area contributed by atoms with Crippen LogP contribution in [0, 0.1) is 0 Å². The van der Waals surface area contributed by atoms with Crippen LogP contribution in [0.1, 0.15) is 32.7 Å². The summed E-state index contributed by atoms with van der Waals surface area (Å²) >= 11 is 0. The monoisotopic (exact) mass is 424 g/mol. The van der Waals surface area contributed by atoms with Crippen LogP contribution in [-0.4, -0.2) is 51.9 Å². The topological polar surface area (TPSA) is 106 Å². The van der Waals surface area contributed by atoms with E-state index in [4.69, 9.17) is 10.5 Å². The molecule has 9 nitrogen and oxygen atoms in total. The fourth-order valence-electron chi connectivity index (χ4n) is 3.35. The van der Waals surface area contributed by atoms with Gasteiger partial charge in [-0.05, 0) is 57.2 Å². The Labute approximate surface area is 183 Å². The molecule has 166 valence electrons. The summed E-state index contributed by atoms with van der Waals surface area (Å²) in [5.41, 5.74) is 8.21. The van der Waals surface area contributed by atoms with Gasteiger partial charge >= 0.3 is 0 Å². The Bertz CT molecular complexity index is 948. The minimum absolute atomic E-state index is 0.432. The third-order valence-corrected chi connectivity index (χ3v) is 5.09. The minimum atomic E-state index is 0.432. The number of nitrogens with one attached hydrogen (secondary N) is 2. The van der Waals surface area contributed by atoms with E-state index in [1.54, 1.807) is 19.5 Å². The van der Waals surface area contributed by atoms with Gasteiger partial charge < -0.3 is 26.0 Å². The SMILES string of the molecule is CC.COc1ccc(Nc2nc(Nc3cnn(C4CCN(C)CC4)c3)ncc2N)cc1. The quantitative estimate of drug-likeness (QED) is 0.544. The molecule has 0 amide bonds. The van der Waals surface area contributed by atoms with Gasteiger partial charge in [0, 0.05) is 11.9 Å². The molecular formula is C22H32N8O. The number of nitrogens with zero attached hydrogens (tertiary/aromatic N) is 5. The van der Waals surface area contributed by atoms with Crippen molar-refractivity contribution in [1.82, 2.24) is 24.6 Å². The second-order valence-corrected chi connectivity index (χ2v) is 7.22. The summed E-state index contributed by atoms with van der Waals surface area (Å²) in [6, 6.07) is 7.98. The Morgan fingerprint density at radius 2 is 1.74 bits per heavy atom. The molecule has 2 aromatic heterocycles. The van der Waals surface area contributed by atoms with E-state index in [-0.39, 0.29) is 0 Å². The van der Waals surface area contributed by atoms with Gasteiger partial charge in [-0.2, -0.15) is 10.1 Å². The number of nitrogen functional groups attached to an aromatic ring is 1. The number of likely N-dealkylation sites (tertiary alicyclic amines) is 1. The molecule has 3 heterocycles. The molecule has 0 saturated carbocycles. The zero-order chi connectivity index (χ0) is 22.2. The van der Waals surface area contributed by atoms with Gasteiger partial charge in [-0.25, -0.2) is 4.98 Å². The first-order valence-electron chi connectivity index (χ1n) is 10.6. The van der Waals surface area contributed by atoms with Crippen LogP contribution >= 0.6 is 0 Å². The molecule has 1 aliphatic rings. The van der Waals surface area contributed by atoms with Crippen molar-refractivity contribution in [1.29, 1.82) is 0 Å². The fraction of sp³-hybridized carbons (Fsp3) is 0.409. The Hall–Kier alpha value is -3.33. The van der Waals surface area contributed by atoms with Crippen molar-refractivity contribution < 1.29 is 4.74 Å². The molecule has 1 saturated heterocycles. The molecule has 0 spiro atoms. The van der Waals surface area contributed by atoms with Crippen molar-refractivity contribution in [2.75, 3.05) is 43.6 Å². The standard InChI is InChI=1S/C20H26N8O.C2H6/c1-27-9-7-16(8-10-27)28-13-15(11-23-28)25-20-22-12-18(21)19(26-20)24-14-3-5-17(29-2)6-4-14;1-2/h3-6,11-13,16H,7-10,21H2,1-2H3,(H2,22,24,25,26);1-2H3. The van der Waals surface area contributed by atoms with E-state index >= 15 is 0 Å². The summed E-state index contributed by atoms with van der Waals surface area (Å²) in [5.74, 6) is 1.78. The van der Waals surface area contributed by atoms with E-state index in [0.29, 0.717) is 23.5 Å². The average Bonchev–Trinajstić information content (AvgIpc) is 3.27. The number of hydrogen-bond donors (Lipinski definition) is 3. The van der Waals surface area contributed by atoms with Crippen molar-refractivity contribution in [2.45, 2.75) is 32.7 Å². The van der Waals surface area contributed by atoms with E-state index in [1.807, 2.05) is 49.0 Å². The number of methoxy groups -OCH3 is 1. The van der Waals surface area contributed by atoms with Gasteiger partial charge in [0.1, 0.15) is 5.75 Å². The number of anilines is 5. The van der Waals surface area contributed by atoms with Crippen molar-refractivity contribution in [2.24, 2.45) is 0 Å². The van der Waals surface area contributed by atoms with Gasteiger partial charge in [-0.1, -0.05) is 13.8 Å². The number of ether oxygens (including phenoxy) is 1. The van der Waals surface area contributed by atoms with Crippen molar-refractivity contribution in [3.8, 4) is 5.75 Å². The van der Waals surface area contributed by atoms with Gasteiger partial charge in [0.05, 0.1) is 36.9 Å². The molecule has 1 fully saturated rings. The van der Waals surface area contributed by atoms with E-state index < -0.39 is 0 Å². The number of nitrogens with two attached hydrogens (primary N) is 1. The van der Waals surface area contributed by atoms with Gasteiger partial charge in [0.2, 0.25) is 5.95 Å². The van der Waals surface area contributed by atoms with Crippen molar-refractivity contribution in [3.63, 3.8) is 0 Å². The summed E-state index contributed by atoms with van der Waals surface area (Å²) in [6.07, 6.45) is 7.60. The Morgan fingerprint density at radius 1 is 1.03 bits per heavy atom. The van der Waals surface area contributed by atoms with E-state index in [2.05, 4.69) is 37.6 Å². The third-order valence-electron chi connectivity index (χ3n) is 5.09. The van der Waals surface area contributed by atoms with Crippen LogP contribution in [0.3, 0.4) is 0 Å². The predicted octanol–water partition coefficient (Wildman–Crippen LogP) is 4.04. The lowest BCUT2D eigenvalue weighted by molar-refractivity contribution is 0.212. The van der Waals surface area contributed by atoms with Gasteiger partial charge in [-0.3, -0.25) is 4.68 Å². The summed E-state index contributed by atoms with van der Waals surface area (Å²) in [7, 11) is 3.79. The second kappa shape index (κ2) is 10.6. The number of piperidine rings is 1. The largest absolute Gasteiger partial charge is 0.497 e. The van der Waals surface area contributed by atoms with Crippen LogP contribution in [0.4, 0.5) is 28.8 Å². The number of hydrogen-bond acceptors (Lipinski definition) is 8. The molecule has 0 bridgehead atoms. The molecule has 4 N–H and O–H groups in total. The highest BCUT2D eigenvalue weighted by Gasteiger charge is 2.19. The van der Waals surface area contributed by atoms with Gasteiger partial charge in [-0.15, -0.1) is 0 Å². The van der Waals surface area contributed by atoms with E-state index in [1.165, 1.54) is 0 Å². The highest BCUT2D eigenvalue weighted by molar-refractivity contribution is 5.70. The molecule has 4 rings (SSSR count). The molecule has 9 heteroatoms. The van der Waals surface area contributed by atoms with Gasteiger partial charge in [0.25, 0.3) is 0 Å². The van der Waals surface area contributed by atoms with E-state index in [9.17, 15) is 0 Å². The van der Waals surface area contributed by atoms with Crippen LogP contribution in [0.15, 0.2) is 42.9 Å². The number of rotatable bonds is 6. The predicted molar refractivity (Wildman–Crippen MR) is 125 cm³/mol. The van der Waals surface area contributed by atoms with Crippen molar-refractivity contribution in [3.05, 3.63) is 42.9 Å². The maximum Gasteiger partial charge on any atom is 0.229 e. The van der Waals surface area contributed by atoms with E-state index in [0.717, 1.165) is 43.1 Å². The maximum atomic E-state index is 6.04. The number of aromatic nitrogens is 4. The first-order chi connectivity index (χ1) is 15.1. The molecule has 0 aliphatic carbocycles.